The van der Waals surface area contributed by atoms with Gasteiger partial charge in [0.05, 0.1) is 0 Å². The second kappa shape index (κ2) is 6.00. The summed E-state index contributed by atoms with van der Waals surface area (Å²) < 4.78 is 0. The van der Waals surface area contributed by atoms with E-state index in [1.807, 2.05) is 0 Å². The molecule has 0 aliphatic heterocycles. The monoisotopic (exact) mass is 249 g/mol. The van der Waals surface area contributed by atoms with Crippen LogP contribution in [0, 0.1) is 11.8 Å². The van der Waals surface area contributed by atoms with Crippen molar-refractivity contribution in [3.63, 3.8) is 0 Å². The molecule has 1 heterocycles. The molecule has 2 rings (SSSR count). The molecule has 4 N–H and O–H groups in total. The normalized spacial score (nSPS) is 23.1. The number of nitrogens with two attached hydrogens (primary N) is 1. The molecule has 0 spiro atoms. The van der Waals surface area contributed by atoms with Crippen LogP contribution in [0.1, 0.15) is 38.7 Å². The minimum atomic E-state index is 0.717. The number of anilines is 2. The molecular formula is C13H23N5. The maximum atomic E-state index is 5.46. The molecule has 0 amide bonds. The molecule has 5 nitrogen and oxygen atoms in total. The maximum Gasteiger partial charge on any atom is 0.148 e. The third kappa shape index (κ3) is 2.90. The highest BCUT2D eigenvalue weighted by Gasteiger charge is 2.21. The zero-order chi connectivity index (χ0) is 13.0. The number of hydrogen-bond acceptors (Lipinski definition) is 5. The lowest BCUT2D eigenvalue weighted by Gasteiger charge is -2.15. The van der Waals surface area contributed by atoms with E-state index >= 15 is 0 Å². The smallest absolute Gasteiger partial charge is 0.148 e. The molecule has 0 bridgehead atoms. The van der Waals surface area contributed by atoms with Crippen LogP contribution in [0.15, 0.2) is 6.33 Å². The molecule has 1 aliphatic carbocycles. The van der Waals surface area contributed by atoms with E-state index in [2.05, 4.69) is 34.6 Å². The van der Waals surface area contributed by atoms with Gasteiger partial charge in [0.25, 0.3) is 0 Å². The van der Waals surface area contributed by atoms with Crippen molar-refractivity contribution in [2.24, 2.45) is 17.7 Å². The Morgan fingerprint density at radius 2 is 2.11 bits per heavy atom. The highest BCUT2D eigenvalue weighted by Crippen LogP contribution is 2.30. The molecule has 100 valence electrons. The van der Waals surface area contributed by atoms with Crippen molar-refractivity contribution in [3.8, 4) is 0 Å². The summed E-state index contributed by atoms with van der Waals surface area (Å²) in [7, 11) is 0. The first kappa shape index (κ1) is 13.1. The first-order valence-electron chi connectivity index (χ1n) is 6.79. The summed E-state index contributed by atoms with van der Waals surface area (Å²) in [5.74, 6) is 8.74. The molecule has 0 aromatic carbocycles. The molecule has 1 aromatic heterocycles. The van der Waals surface area contributed by atoms with E-state index < -0.39 is 0 Å². The number of hydrogen-bond donors (Lipinski definition) is 3. The van der Waals surface area contributed by atoms with E-state index in [0.29, 0.717) is 0 Å². The molecular weight excluding hydrogens is 226 g/mol. The summed E-state index contributed by atoms with van der Waals surface area (Å²) in [5, 5.41) is 3.45. The van der Waals surface area contributed by atoms with Gasteiger partial charge in [-0.2, -0.15) is 0 Å². The zero-order valence-corrected chi connectivity index (χ0v) is 11.2. The van der Waals surface area contributed by atoms with Gasteiger partial charge in [-0.25, -0.2) is 15.8 Å². The highest BCUT2D eigenvalue weighted by atomic mass is 15.3. The fourth-order valence-corrected chi connectivity index (χ4v) is 2.78. The standard InChI is InChI=1S/C13H23N5/c1-3-11-12(16-8-17-13(11)18-14)15-7-10-5-4-9(2)6-10/h8-10H,3-7,14H2,1-2H3,(H2,15,16,17,18). The Morgan fingerprint density at radius 3 is 2.72 bits per heavy atom. The molecule has 0 saturated heterocycles. The second-order valence-electron chi connectivity index (χ2n) is 5.21. The summed E-state index contributed by atoms with van der Waals surface area (Å²) >= 11 is 0. The topological polar surface area (TPSA) is 75.9 Å². The fraction of sp³-hybridized carbons (Fsp3) is 0.692. The average molecular weight is 249 g/mol. The number of nitrogens with zero attached hydrogens (tertiary/aromatic N) is 2. The number of hydrazine groups is 1. The van der Waals surface area contributed by atoms with Crippen molar-refractivity contribution in [2.45, 2.75) is 39.5 Å². The molecule has 2 unspecified atom stereocenters. The number of nitrogen functional groups attached to an aromatic ring is 1. The Labute approximate surface area is 109 Å². The van der Waals surface area contributed by atoms with Crippen LogP contribution in [0.3, 0.4) is 0 Å². The van der Waals surface area contributed by atoms with Gasteiger partial charge in [0.1, 0.15) is 18.0 Å². The number of rotatable bonds is 5. The third-order valence-electron chi connectivity index (χ3n) is 3.80. The lowest BCUT2D eigenvalue weighted by atomic mass is 10.1. The lowest BCUT2D eigenvalue weighted by molar-refractivity contribution is 0.536. The van der Waals surface area contributed by atoms with E-state index in [1.165, 1.54) is 19.3 Å². The lowest BCUT2D eigenvalue weighted by Crippen LogP contribution is -2.17. The summed E-state index contributed by atoms with van der Waals surface area (Å²) in [6, 6.07) is 0. The predicted octanol–water partition coefficient (Wildman–Crippen LogP) is 2.17. The van der Waals surface area contributed by atoms with Crippen LogP contribution in [0.2, 0.25) is 0 Å². The van der Waals surface area contributed by atoms with Gasteiger partial charge in [-0.15, -0.1) is 0 Å². The molecule has 1 aliphatic rings. The van der Waals surface area contributed by atoms with E-state index in [4.69, 9.17) is 5.84 Å². The molecule has 0 radical (unpaired) electrons. The van der Waals surface area contributed by atoms with E-state index in [1.54, 1.807) is 6.33 Å². The highest BCUT2D eigenvalue weighted by molar-refractivity contribution is 5.56. The van der Waals surface area contributed by atoms with Gasteiger partial charge in [0, 0.05) is 12.1 Å². The van der Waals surface area contributed by atoms with E-state index in [-0.39, 0.29) is 0 Å². The van der Waals surface area contributed by atoms with Crippen LogP contribution >= 0.6 is 0 Å². The Kier molecular flexibility index (Phi) is 4.36. The molecule has 1 fully saturated rings. The summed E-state index contributed by atoms with van der Waals surface area (Å²) in [6.07, 6.45) is 6.41. The molecule has 1 saturated carbocycles. The molecule has 2 atom stereocenters. The van der Waals surface area contributed by atoms with Gasteiger partial charge in [-0.05, 0) is 31.1 Å². The van der Waals surface area contributed by atoms with Crippen LogP contribution < -0.4 is 16.6 Å². The van der Waals surface area contributed by atoms with Crippen molar-refractivity contribution >= 4 is 11.6 Å². The Hall–Kier alpha value is -1.36. The summed E-state index contributed by atoms with van der Waals surface area (Å²) in [5.41, 5.74) is 3.69. The van der Waals surface area contributed by atoms with Crippen LogP contribution in [0.5, 0.6) is 0 Å². The SMILES string of the molecule is CCc1c(NN)ncnc1NCC1CCC(C)C1. The van der Waals surface area contributed by atoms with E-state index in [0.717, 1.165) is 42.0 Å². The van der Waals surface area contributed by atoms with Crippen LogP contribution in [-0.4, -0.2) is 16.5 Å². The predicted molar refractivity (Wildman–Crippen MR) is 74.2 cm³/mol. The molecule has 1 aromatic rings. The Bertz CT molecular complexity index is 393. The molecule has 18 heavy (non-hydrogen) atoms. The second-order valence-corrected chi connectivity index (χ2v) is 5.21. The van der Waals surface area contributed by atoms with Gasteiger partial charge in [-0.3, -0.25) is 0 Å². The number of aromatic nitrogens is 2. The van der Waals surface area contributed by atoms with Crippen LogP contribution in [0.4, 0.5) is 11.6 Å². The Balaban J connectivity index is 2.00. The van der Waals surface area contributed by atoms with Gasteiger partial charge in [0.2, 0.25) is 0 Å². The first-order chi connectivity index (χ1) is 8.74. The summed E-state index contributed by atoms with van der Waals surface area (Å²) in [4.78, 5) is 8.45. The fourth-order valence-electron chi connectivity index (χ4n) is 2.78. The van der Waals surface area contributed by atoms with Crippen molar-refractivity contribution in [3.05, 3.63) is 11.9 Å². The van der Waals surface area contributed by atoms with Crippen molar-refractivity contribution in [1.29, 1.82) is 0 Å². The Morgan fingerprint density at radius 1 is 1.33 bits per heavy atom. The minimum absolute atomic E-state index is 0.717. The minimum Gasteiger partial charge on any atom is -0.369 e. The van der Waals surface area contributed by atoms with Crippen LogP contribution in [-0.2, 0) is 6.42 Å². The largest absolute Gasteiger partial charge is 0.369 e. The zero-order valence-electron chi connectivity index (χ0n) is 11.2. The summed E-state index contributed by atoms with van der Waals surface area (Å²) in [6.45, 7) is 5.42. The maximum absolute atomic E-state index is 5.46. The quantitative estimate of drug-likeness (QED) is 0.551. The van der Waals surface area contributed by atoms with Gasteiger partial charge in [0.15, 0.2) is 0 Å². The van der Waals surface area contributed by atoms with Gasteiger partial charge in [-0.1, -0.05) is 20.3 Å². The van der Waals surface area contributed by atoms with Crippen molar-refractivity contribution in [1.82, 2.24) is 9.97 Å². The van der Waals surface area contributed by atoms with E-state index in [9.17, 15) is 0 Å². The van der Waals surface area contributed by atoms with Crippen molar-refractivity contribution < 1.29 is 0 Å². The third-order valence-corrected chi connectivity index (χ3v) is 3.80. The average Bonchev–Trinajstić information content (AvgIpc) is 2.81. The van der Waals surface area contributed by atoms with Crippen molar-refractivity contribution in [2.75, 3.05) is 17.3 Å². The first-order valence-corrected chi connectivity index (χ1v) is 6.79. The molecule has 5 heteroatoms. The number of nitrogens with one attached hydrogen (secondary N) is 2. The van der Waals surface area contributed by atoms with Gasteiger partial charge >= 0.3 is 0 Å². The van der Waals surface area contributed by atoms with Crippen LogP contribution in [0.25, 0.3) is 0 Å². The van der Waals surface area contributed by atoms with Gasteiger partial charge < -0.3 is 10.7 Å².